The van der Waals surface area contributed by atoms with Gasteiger partial charge in [-0.2, -0.15) is 8.42 Å². The molecule has 2 aliphatic rings. The molecule has 0 aromatic rings. The summed E-state index contributed by atoms with van der Waals surface area (Å²) in [5, 5.41) is 0. The SMILES string of the molecule is O=S(O)CCCC1CCC1CC1CCCC1CCCS(=O)(=O)O. The molecule has 0 bridgehead atoms. The molecule has 23 heavy (non-hydrogen) atoms. The van der Waals surface area contributed by atoms with Crippen molar-refractivity contribution in [3.63, 3.8) is 0 Å². The summed E-state index contributed by atoms with van der Waals surface area (Å²) in [7, 11) is -3.82. The van der Waals surface area contributed by atoms with Crippen LogP contribution in [0.5, 0.6) is 0 Å². The molecule has 2 fully saturated rings. The second-order valence-corrected chi connectivity index (χ2v) is 10.0. The first-order valence-electron chi connectivity index (χ1n) is 8.88. The van der Waals surface area contributed by atoms with E-state index in [1.165, 1.54) is 38.5 Å². The number of rotatable bonds is 10. The summed E-state index contributed by atoms with van der Waals surface area (Å²) >= 11 is -1.66. The van der Waals surface area contributed by atoms with Crippen LogP contribution >= 0.6 is 0 Å². The van der Waals surface area contributed by atoms with E-state index in [1.54, 1.807) is 0 Å². The summed E-state index contributed by atoms with van der Waals surface area (Å²) in [4.78, 5) is 0. The van der Waals surface area contributed by atoms with Crippen molar-refractivity contribution >= 4 is 21.2 Å². The average molecular weight is 367 g/mol. The highest BCUT2D eigenvalue weighted by Crippen LogP contribution is 2.47. The van der Waals surface area contributed by atoms with Crippen molar-refractivity contribution in [1.29, 1.82) is 0 Å². The maximum Gasteiger partial charge on any atom is 0.264 e. The van der Waals surface area contributed by atoms with Crippen molar-refractivity contribution in [2.45, 2.75) is 64.2 Å². The Kier molecular flexibility index (Phi) is 7.51. The molecule has 0 aliphatic heterocycles. The van der Waals surface area contributed by atoms with Crippen molar-refractivity contribution in [1.82, 2.24) is 0 Å². The molecule has 0 amide bonds. The lowest BCUT2D eigenvalue weighted by atomic mass is 9.66. The summed E-state index contributed by atoms with van der Waals surface area (Å²) in [6, 6.07) is 0. The van der Waals surface area contributed by atoms with Crippen LogP contribution in [0.2, 0.25) is 0 Å². The van der Waals surface area contributed by atoms with Gasteiger partial charge in [0, 0.05) is 5.75 Å². The lowest BCUT2D eigenvalue weighted by Crippen LogP contribution is -2.29. The highest BCUT2D eigenvalue weighted by atomic mass is 32.2. The van der Waals surface area contributed by atoms with E-state index in [-0.39, 0.29) is 5.75 Å². The van der Waals surface area contributed by atoms with E-state index >= 15 is 0 Å². The van der Waals surface area contributed by atoms with E-state index in [2.05, 4.69) is 0 Å². The Balaban J connectivity index is 1.70. The molecule has 7 heteroatoms. The highest BCUT2D eigenvalue weighted by Gasteiger charge is 2.36. The molecule has 0 saturated heterocycles. The predicted molar refractivity (Wildman–Crippen MR) is 92.2 cm³/mol. The smallest absolute Gasteiger partial charge is 0.264 e. The van der Waals surface area contributed by atoms with Crippen molar-refractivity contribution in [3.05, 3.63) is 0 Å². The molecule has 0 aromatic carbocycles. The van der Waals surface area contributed by atoms with Gasteiger partial charge in [-0.05, 0) is 68.6 Å². The van der Waals surface area contributed by atoms with Crippen LogP contribution in [0.1, 0.15) is 64.2 Å². The van der Waals surface area contributed by atoms with Crippen molar-refractivity contribution in [3.8, 4) is 0 Å². The molecular weight excluding hydrogens is 336 g/mol. The van der Waals surface area contributed by atoms with Crippen molar-refractivity contribution < 1.29 is 21.7 Å². The Labute approximate surface area is 142 Å². The lowest BCUT2D eigenvalue weighted by Gasteiger charge is -2.39. The maximum absolute atomic E-state index is 10.8. The van der Waals surface area contributed by atoms with Crippen LogP contribution in [0, 0.1) is 23.7 Å². The van der Waals surface area contributed by atoms with E-state index in [1.807, 2.05) is 0 Å². The fourth-order valence-corrected chi connectivity index (χ4v) is 5.46. The highest BCUT2D eigenvalue weighted by molar-refractivity contribution is 7.85. The Bertz CT molecular complexity index is 491. The Morgan fingerprint density at radius 2 is 1.48 bits per heavy atom. The van der Waals surface area contributed by atoms with Crippen LogP contribution in [0.3, 0.4) is 0 Å². The van der Waals surface area contributed by atoms with Gasteiger partial charge in [0.05, 0.1) is 5.75 Å². The van der Waals surface area contributed by atoms with Gasteiger partial charge in [0.2, 0.25) is 0 Å². The first-order chi connectivity index (χ1) is 10.8. The molecule has 0 aromatic heterocycles. The minimum absolute atomic E-state index is 0.111. The summed E-state index contributed by atoms with van der Waals surface area (Å²) in [5.41, 5.74) is 0. The van der Waals surface area contributed by atoms with Gasteiger partial charge in [0.1, 0.15) is 0 Å². The lowest BCUT2D eigenvalue weighted by molar-refractivity contribution is 0.117. The second-order valence-electron chi connectivity index (χ2n) is 7.38. The summed E-state index contributed by atoms with van der Waals surface area (Å²) in [6.45, 7) is 0. The van der Waals surface area contributed by atoms with Gasteiger partial charge in [-0.3, -0.25) is 4.55 Å². The Hall–Kier alpha value is 0.0200. The molecule has 2 saturated carbocycles. The molecule has 5 atom stereocenters. The van der Waals surface area contributed by atoms with E-state index in [0.717, 1.165) is 31.1 Å². The Morgan fingerprint density at radius 3 is 2.09 bits per heavy atom. The standard InChI is InChI=1S/C16H30O5S2/c17-22(18)10-2-6-14-8-9-16(14)12-15-5-1-4-13(15)7-3-11-23(19,20)21/h13-16H,1-12H2,(H,17,18)(H,19,20,21). The average Bonchev–Trinajstić information content (AvgIpc) is 2.85. The van der Waals surface area contributed by atoms with Crippen LogP contribution in [-0.2, 0) is 21.2 Å². The molecule has 136 valence electrons. The molecule has 2 N–H and O–H groups in total. The molecule has 2 rings (SSSR count). The minimum atomic E-state index is -3.82. The third-order valence-corrected chi connectivity index (χ3v) is 7.31. The van der Waals surface area contributed by atoms with Gasteiger partial charge in [0.25, 0.3) is 10.1 Å². The molecule has 0 spiro atoms. The zero-order valence-electron chi connectivity index (χ0n) is 13.7. The van der Waals surface area contributed by atoms with Gasteiger partial charge in [-0.1, -0.05) is 19.3 Å². The topological polar surface area (TPSA) is 91.7 Å². The predicted octanol–water partition coefficient (Wildman–Crippen LogP) is 3.49. The zero-order valence-corrected chi connectivity index (χ0v) is 15.4. The van der Waals surface area contributed by atoms with E-state index in [4.69, 9.17) is 9.11 Å². The molecule has 2 aliphatic carbocycles. The third kappa shape index (κ3) is 6.80. The molecule has 0 radical (unpaired) electrons. The fourth-order valence-electron chi connectivity index (χ4n) is 4.52. The molecule has 5 unspecified atom stereocenters. The van der Waals surface area contributed by atoms with Gasteiger partial charge >= 0.3 is 0 Å². The van der Waals surface area contributed by atoms with Gasteiger partial charge in [-0.15, -0.1) is 0 Å². The maximum atomic E-state index is 10.8. The quantitative estimate of drug-likeness (QED) is 0.456. The second kappa shape index (κ2) is 8.92. The van der Waals surface area contributed by atoms with Crippen molar-refractivity contribution in [2.24, 2.45) is 23.7 Å². The summed E-state index contributed by atoms with van der Waals surface area (Å²) in [6.07, 6.45) is 10.8. The van der Waals surface area contributed by atoms with Gasteiger partial charge in [-0.25, -0.2) is 4.21 Å². The van der Waals surface area contributed by atoms with E-state index < -0.39 is 21.2 Å². The van der Waals surface area contributed by atoms with Crippen LogP contribution in [0.25, 0.3) is 0 Å². The molecular formula is C16H30O5S2. The monoisotopic (exact) mass is 366 g/mol. The van der Waals surface area contributed by atoms with E-state index in [9.17, 15) is 12.6 Å². The van der Waals surface area contributed by atoms with Crippen LogP contribution in [0.4, 0.5) is 0 Å². The third-order valence-electron chi connectivity index (χ3n) is 5.87. The van der Waals surface area contributed by atoms with E-state index in [0.29, 0.717) is 24.0 Å². The largest absolute Gasteiger partial charge is 0.306 e. The summed E-state index contributed by atoms with van der Waals surface area (Å²) in [5.74, 6) is 3.08. The summed E-state index contributed by atoms with van der Waals surface area (Å²) < 4.78 is 50.0. The molecule has 0 heterocycles. The van der Waals surface area contributed by atoms with Crippen LogP contribution < -0.4 is 0 Å². The first-order valence-corrected chi connectivity index (χ1v) is 11.8. The Morgan fingerprint density at radius 1 is 0.913 bits per heavy atom. The van der Waals surface area contributed by atoms with Crippen molar-refractivity contribution in [2.75, 3.05) is 11.5 Å². The fraction of sp³-hybridized carbons (Fsp3) is 1.00. The number of hydrogen-bond donors (Lipinski definition) is 2. The van der Waals surface area contributed by atoms with Gasteiger partial charge < -0.3 is 4.55 Å². The normalized spacial score (nSPS) is 32.6. The number of hydrogen-bond acceptors (Lipinski definition) is 3. The van der Waals surface area contributed by atoms with Crippen LogP contribution in [-0.4, -0.2) is 33.2 Å². The first kappa shape index (κ1) is 19.3. The van der Waals surface area contributed by atoms with Gasteiger partial charge in [0.15, 0.2) is 11.1 Å². The zero-order chi connectivity index (χ0) is 16.9. The van der Waals surface area contributed by atoms with Crippen LogP contribution in [0.15, 0.2) is 0 Å². The molecule has 5 nitrogen and oxygen atoms in total. The minimum Gasteiger partial charge on any atom is -0.306 e.